The van der Waals surface area contributed by atoms with Gasteiger partial charge in [0, 0.05) is 39.2 Å². The van der Waals surface area contributed by atoms with Crippen LogP contribution in [0, 0.1) is 0 Å². The van der Waals surface area contributed by atoms with Gasteiger partial charge in [0.15, 0.2) is 0 Å². The van der Waals surface area contributed by atoms with Crippen molar-refractivity contribution in [3.63, 3.8) is 0 Å². The summed E-state index contributed by atoms with van der Waals surface area (Å²) in [5.41, 5.74) is 0. The van der Waals surface area contributed by atoms with E-state index in [0.717, 1.165) is 12.8 Å². The average Bonchev–Trinajstić information content (AvgIpc) is 2.90. The minimum atomic E-state index is -3.26. The molecule has 8 nitrogen and oxygen atoms in total. The summed E-state index contributed by atoms with van der Waals surface area (Å²) in [5, 5.41) is 2.68. The summed E-state index contributed by atoms with van der Waals surface area (Å²) in [4.78, 5) is 25.2. The van der Waals surface area contributed by atoms with Crippen LogP contribution in [0.4, 0.5) is 0 Å². The minimum absolute atomic E-state index is 0.0823. The number of hydrogen-bond acceptors (Lipinski definition) is 5. The predicted molar refractivity (Wildman–Crippen MR) is 75.0 cm³/mol. The first-order valence-corrected chi connectivity index (χ1v) is 8.77. The Kier molecular flexibility index (Phi) is 5.54. The Morgan fingerprint density at radius 1 is 1.33 bits per heavy atom. The van der Waals surface area contributed by atoms with Gasteiger partial charge in [-0.2, -0.15) is 0 Å². The lowest BCUT2D eigenvalue weighted by atomic mass is 10.2. The van der Waals surface area contributed by atoms with E-state index in [1.54, 1.807) is 0 Å². The lowest BCUT2D eigenvalue weighted by Crippen LogP contribution is -2.39. The lowest BCUT2D eigenvalue weighted by Gasteiger charge is -2.19. The Hall–Kier alpha value is -1.19. The number of carbonyl (C=O) groups excluding carboxylic acids is 2. The molecule has 2 rings (SSSR count). The standard InChI is InChI=1S/C12H21N3O5S/c16-11(15-6-5-14-21(18,19)9-7-15)3-4-13-12(17)10-2-1-8-20-10/h10,14H,1-9H2,(H,13,17). The Morgan fingerprint density at radius 2 is 2.14 bits per heavy atom. The summed E-state index contributed by atoms with van der Waals surface area (Å²) in [6.07, 6.45) is 1.37. The second kappa shape index (κ2) is 7.19. The second-order valence-corrected chi connectivity index (χ2v) is 7.06. The maximum absolute atomic E-state index is 12.0. The Morgan fingerprint density at radius 3 is 2.86 bits per heavy atom. The summed E-state index contributed by atoms with van der Waals surface area (Å²) in [6, 6.07) is 0. The molecular weight excluding hydrogens is 298 g/mol. The summed E-state index contributed by atoms with van der Waals surface area (Å²) >= 11 is 0. The smallest absolute Gasteiger partial charge is 0.249 e. The molecule has 2 amide bonds. The highest BCUT2D eigenvalue weighted by molar-refractivity contribution is 7.89. The van der Waals surface area contributed by atoms with Crippen LogP contribution in [-0.2, 0) is 24.3 Å². The molecule has 2 N–H and O–H groups in total. The van der Waals surface area contributed by atoms with Crippen molar-refractivity contribution in [2.45, 2.75) is 25.4 Å². The van der Waals surface area contributed by atoms with Gasteiger partial charge in [-0.05, 0) is 12.8 Å². The Bertz CT molecular complexity index is 487. The van der Waals surface area contributed by atoms with E-state index in [0.29, 0.717) is 13.2 Å². The summed E-state index contributed by atoms with van der Waals surface area (Å²) < 4.78 is 30.4. The number of nitrogens with zero attached hydrogens (tertiary/aromatic N) is 1. The van der Waals surface area contributed by atoms with E-state index < -0.39 is 16.1 Å². The quantitative estimate of drug-likeness (QED) is 0.652. The molecule has 0 aromatic heterocycles. The van der Waals surface area contributed by atoms with Crippen molar-refractivity contribution in [3.05, 3.63) is 0 Å². The fourth-order valence-electron chi connectivity index (χ4n) is 2.35. The fourth-order valence-corrected chi connectivity index (χ4v) is 3.36. The molecule has 1 unspecified atom stereocenters. The zero-order chi connectivity index (χ0) is 15.3. The predicted octanol–water partition coefficient (Wildman–Crippen LogP) is -1.57. The third kappa shape index (κ3) is 4.94. The lowest BCUT2D eigenvalue weighted by molar-refractivity contribution is -0.132. The summed E-state index contributed by atoms with van der Waals surface area (Å²) in [5.74, 6) is -0.414. The normalized spacial score (nSPS) is 25.3. The van der Waals surface area contributed by atoms with Gasteiger partial charge in [-0.15, -0.1) is 0 Å². The van der Waals surface area contributed by atoms with Crippen molar-refractivity contribution in [3.8, 4) is 0 Å². The van der Waals surface area contributed by atoms with Crippen LogP contribution in [0.5, 0.6) is 0 Å². The van der Waals surface area contributed by atoms with Crippen LogP contribution < -0.4 is 10.0 Å². The van der Waals surface area contributed by atoms with Gasteiger partial charge in [0.25, 0.3) is 0 Å². The minimum Gasteiger partial charge on any atom is -0.368 e. The summed E-state index contributed by atoms with van der Waals surface area (Å²) in [6.45, 7) is 1.63. The summed E-state index contributed by atoms with van der Waals surface area (Å²) in [7, 11) is -3.26. The van der Waals surface area contributed by atoms with E-state index in [4.69, 9.17) is 4.74 Å². The topological polar surface area (TPSA) is 105 Å². The highest BCUT2D eigenvalue weighted by Gasteiger charge is 2.24. The first-order valence-electron chi connectivity index (χ1n) is 7.12. The zero-order valence-electron chi connectivity index (χ0n) is 11.8. The van der Waals surface area contributed by atoms with Gasteiger partial charge < -0.3 is 15.0 Å². The van der Waals surface area contributed by atoms with Crippen LogP contribution >= 0.6 is 0 Å². The number of nitrogens with one attached hydrogen (secondary N) is 2. The van der Waals surface area contributed by atoms with Crippen LogP contribution in [0.1, 0.15) is 19.3 Å². The average molecular weight is 319 g/mol. The number of carbonyl (C=O) groups is 2. The van der Waals surface area contributed by atoms with E-state index in [9.17, 15) is 18.0 Å². The molecule has 0 saturated carbocycles. The molecule has 2 aliphatic rings. The van der Waals surface area contributed by atoms with Crippen molar-refractivity contribution in [1.82, 2.24) is 14.9 Å². The van der Waals surface area contributed by atoms with Crippen molar-refractivity contribution in [2.75, 3.05) is 38.5 Å². The molecule has 2 fully saturated rings. The van der Waals surface area contributed by atoms with Gasteiger partial charge in [0.05, 0.1) is 5.75 Å². The molecule has 2 heterocycles. The fraction of sp³-hybridized carbons (Fsp3) is 0.833. The molecule has 21 heavy (non-hydrogen) atoms. The Balaban J connectivity index is 1.70. The van der Waals surface area contributed by atoms with Crippen molar-refractivity contribution in [2.24, 2.45) is 0 Å². The third-order valence-corrected chi connectivity index (χ3v) is 4.91. The molecule has 9 heteroatoms. The van der Waals surface area contributed by atoms with Gasteiger partial charge in [0.2, 0.25) is 21.8 Å². The maximum Gasteiger partial charge on any atom is 0.249 e. The first-order chi connectivity index (χ1) is 9.98. The number of sulfonamides is 1. The highest BCUT2D eigenvalue weighted by atomic mass is 32.2. The van der Waals surface area contributed by atoms with Crippen molar-refractivity contribution < 1.29 is 22.7 Å². The van der Waals surface area contributed by atoms with E-state index in [1.807, 2.05) is 0 Å². The number of ether oxygens (including phenoxy) is 1. The van der Waals surface area contributed by atoms with Crippen LogP contribution in [0.2, 0.25) is 0 Å². The molecular formula is C12H21N3O5S. The van der Waals surface area contributed by atoms with E-state index >= 15 is 0 Å². The molecule has 0 spiro atoms. The zero-order valence-corrected chi connectivity index (χ0v) is 12.7. The molecule has 0 aromatic rings. The monoisotopic (exact) mass is 319 g/mol. The molecule has 120 valence electrons. The van der Waals surface area contributed by atoms with Crippen LogP contribution in [-0.4, -0.2) is 69.8 Å². The van der Waals surface area contributed by atoms with Crippen molar-refractivity contribution >= 4 is 21.8 Å². The van der Waals surface area contributed by atoms with E-state index in [2.05, 4.69) is 10.0 Å². The van der Waals surface area contributed by atoms with Gasteiger partial charge >= 0.3 is 0 Å². The molecule has 0 radical (unpaired) electrons. The first kappa shape index (κ1) is 16.2. The number of hydrogen-bond donors (Lipinski definition) is 2. The van der Waals surface area contributed by atoms with Crippen molar-refractivity contribution in [1.29, 1.82) is 0 Å². The maximum atomic E-state index is 12.0. The molecule has 2 aliphatic heterocycles. The van der Waals surface area contributed by atoms with Crippen LogP contribution in [0.3, 0.4) is 0 Å². The van der Waals surface area contributed by atoms with Gasteiger partial charge in [-0.3, -0.25) is 9.59 Å². The van der Waals surface area contributed by atoms with E-state index in [-0.39, 0.29) is 43.6 Å². The SMILES string of the molecule is O=C(NCCC(=O)N1CCNS(=O)(=O)CC1)C1CCCO1. The number of rotatable bonds is 4. The third-order valence-electron chi connectivity index (χ3n) is 3.55. The van der Waals surface area contributed by atoms with Crippen LogP contribution in [0.25, 0.3) is 0 Å². The van der Waals surface area contributed by atoms with Gasteiger partial charge in [0.1, 0.15) is 6.10 Å². The molecule has 2 saturated heterocycles. The highest BCUT2D eigenvalue weighted by Crippen LogP contribution is 2.11. The molecule has 0 bridgehead atoms. The largest absolute Gasteiger partial charge is 0.368 e. The van der Waals surface area contributed by atoms with Gasteiger partial charge in [-0.1, -0.05) is 0 Å². The van der Waals surface area contributed by atoms with E-state index in [1.165, 1.54) is 4.90 Å². The number of amides is 2. The molecule has 1 atom stereocenters. The molecule has 0 aliphatic carbocycles. The second-order valence-electron chi connectivity index (χ2n) is 5.14. The van der Waals surface area contributed by atoms with Crippen LogP contribution in [0.15, 0.2) is 0 Å². The molecule has 0 aromatic carbocycles. The van der Waals surface area contributed by atoms with Gasteiger partial charge in [-0.25, -0.2) is 13.1 Å². The Labute approximate surface area is 124 Å².